The van der Waals surface area contributed by atoms with Gasteiger partial charge in [0.15, 0.2) is 11.5 Å². The molecule has 66 heavy (non-hydrogen) atoms. The van der Waals surface area contributed by atoms with Crippen LogP contribution in [0.1, 0.15) is 79.6 Å². The molecule has 2 aliphatic carbocycles. The van der Waals surface area contributed by atoms with Crippen LogP contribution in [-0.2, 0) is 24.4 Å². The predicted octanol–water partition coefficient (Wildman–Crippen LogP) is 6.31. The quantitative estimate of drug-likeness (QED) is 0.192. The maximum Gasteiger partial charge on any atom is 0.408 e. The van der Waals surface area contributed by atoms with E-state index in [1.165, 1.54) is 7.11 Å². The van der Waals surface area contributed by atoms with Gasteiger partial charge in [0.25, 0.3) is 11.8 Å². The number of hydrogen-bond acceptors (Lipinski definition) is 11. The van der Waals surface area contributed by atoms with E-state index in [4.69, 9.17) is 23.9 Å². The molecule has 3 aliphatic heterocycles. The SMILES string of the molecule is COc1ccc2c(O[C@@H]3C[C@H]4C(=O)N[C@]5(C(=O)NS(=O)(=O)C6CC6)C[C@H]5/C=C\CC[C@H](C)C[C@@H](C)[C@H](N(C(=O)O)C(C)(C)C(C)(F)F)C(=O)N4C3)nc(-c3ccc4c(c3)OCCO4)cc2c1. The average Bonchev–Trinajstić information content (AvgIpc) is 4.19. The number of alkyl halides is 2. The number of pyridine rings is 1. The number of methoxy groups -OCH3 is 1. The number of nitrogens with one attached hydrogen (secondary N) is 2. The van der Waals surface area contributed by atoms with Crippen LogP contribution in [0.3, 0.4) is 0 Å². The fourth-order valence-corrected chi connectivity index (χ4v) is 10.9. The highest BCUT2D eigenvalue weighted by molar-refractivity contribution is 7.91. The van der Waals surface area contributed by atoms with Gasteiger partial charge in [-0.2, -0.15) is 0 Å². The molecule has 8 rings (SSSR count). The number of benzene rings is 2. The minimum atomic E-state index is -4.03. The monoisotopic (exact) mass is 937 g/mol. The fourth-order valence-electron chi connectivity index (χ4n) is 9.49. The van der Waals surface area contributed by atoms with Gasteiger partial charge in [-0.25, -0.2) is 27.0 Å². The second-order valence-electron chi connectivity index (χ2n) is 19.1. The minimum absolute atomic E-state index is 0.0790. The van der Waals surface area contributed by atoms with Crippen molar-refractivity contribution in [3.8, 4) is 34.4 Å². The number of allylic oxidation sites excluding steroid dienone is 1. The first-order chi connectivity index (χ1) is 31.1. The van der Waals surface area contributed by atoms with Crippen LogP contribution in [0.15, 0.2) is 54.6 Å². The van der Waals surface area contributed by atoms with E-state index in [-0.39, 0.29) is 37.6 Å². The smallest absolute Gasteiger partial charge is 0.408 e. The average molecular weight is 938 g/mol. The summed E-state index contributed by atoms with van der Waals surface area (Å²) in [5.41, 5.74) is -2.94. The standard InChI is InChI=1S/C47H57F2N5O11S/c1-26-9-7-8-10-30-24-47(30,43(57)52-66(60,61)33-13-14-33)51-40(55)36-23-32(25-53(36)42(56)39(27(2)19-26)54(44(58)59)45(3,4)46(5,48)49)65-41-34-15-12-31(62-6)20-29(34)21-35(50-41)28-11-16-37-38(22-28)64-18-17-63-37/h8,10-12,15-16,20-22,26-27,30,32-33,36,39H,7,9,13-14,17-19,23-25H2,1-6H3,(H,51,55)(H,52,57)(H,58,59)/b10-8-/t26-,27+,30+,32+,36-,39-,47+/m0/s1. The van der Waals surface area contributed by atoms with Crippen molar-refractivity contribution in [2.45, 2.75) is 120 Å². The molecule has 7 atom stereocenters. The molecule has 16 nitrogen and oxygen atoms in total. The molecule has 0 radical (unpaired) electrons. The number of sulfonamides is 1. The molecule has 1 saturated heterocycles. The summed E-state index contributed by atoms with van der Waals surface area (Å²) in [5, 5.41) is 14.1. The van der Waals surface area contributed by atoms with Crippen molar-refractivity contribution >= 4 is 44.6 Å². The Kier molecular flexibility index (Phi) is 12.4. The highest BCUT2D eigenvalue weighted by Gasteiger charge is 2.63. The minimum Gasteiger partial charge on any atom is -0.497 e. The zero-order valence-corrected chi connectivity index (χ0v) is 38.7. The number of halogens is 2. The van der Waals surface area contributed by atoms with E-state index in [9.17, 15) is 27.9 Å². The van der Waals surface area contributed by atoms with Crippen molar-refractivity contribution in [2.24, 2.45) is 17.8 Å². The Morgan fingerprint density at radius 3 is 2.42 bits per heavy atom. The van der Waals surface area contributed by atoms with E-state index in [1.807, 2.05) is 25.1 Å². The Balaban J connectivity index is 1.21. The summed E-state index contributed by atoms with van der Waals surface area (Å²) in [6, 6.07) is 9.39. The molecule has 3 fully saturated rings. The molecule has 2 aromatic carbocycles. The third kappa shape index (κ3) is 9.06. The molecule has 0 bridgehead atoms. The van der Waals surface area contributed by atoms with Crippen molar-refractivity contribution < 1.29 is 60.4 Å². The van der Waals surface area contributed by atoms with Crippen molar-refractivity contribution in [3.05, 3.63) is 54.6 Å². The van der Waals surface area contributed by atoms with Gasteiger partial charge in [0.1, 0.15) is 48.2 Å². The molecular weight excluding hydrogens is 881 g/mol. The van der Waals surface area contributed by atoms with Gasteiger partial charge < -0.3 is 34.3 Å². The van der Waals surface area contributed by atoms with E-state index in [0.29, 0.717) is 90.0 Å². The normalized spacial score (nSPS) is 27.6. The van der Waals surface area contributed by atoms with Crippen LogP contribution in [0.2, 0.25) is 0 Å². The number of rotatable bonds is 10. The zero-order valence-electron chi connectivity index (χ0n) is 37.8. The van der Waals surface area contributed by atoms with E-state index in [1.54, 1.807) is 43.3 Å². The van der Waals surface area contributed by atoms with Crippen LogP contribution in [0.5, 0.6) is 23.1 Å². The van der Waals surface area contributed by atoms with Crippen molar-refractivity contribution in [1.82, 2.24) is 24.8 Å². The number of fused-ring (bicyclic) bond motifs is 4. The lowest BCUT2D eigenvalue weighted by Crippen LogP contribution is -2.66. The van der Waals surface area contributed by atoms with Crippen LogP contribution in [0.4, 0.5) is 13.6 Å². The molecule has 19 heteroatoms. The molecular formula is C47H57F2N5O11S. The Hall–Kier alpha value is -5.72. The number of ether oxygens (including phenoxy) is 4. The van der Waals surface area contributed by atoms with Crippen LogP contribution in [-0.4, -0.2) is 119 Å². The second kappa shape index (κ2) is 17.5. The lowest BCUT2D eigenvalue weighted by atomic mass is 9.84. The molecule has 0 spiro atoms. The number of nitrogens with zero attached hydrogens (tertiary/aromatic N) is 3. The van der Waals surface area contributed by atoms with Gasteiger partial charge >= 0.3 is 6.09 Å². The van der Waals surface area contributed by atoms with E-state index >= 15 is 13.6 Å². The summed E-state index contributed by atoms with van der Waals surface area (Å²) in [6.07, 6.45) is 2.93. The lowest BCUT2D eigenvalue weighted by molar-refractivity contribution is -0.156. The number of carbonyl (C=O) groups excluding carboxylic acids is 3. The number of aromatic nitrogens is 1. The molecule has 4 amide bonds. The van der Waals surface area contributed by atoms with Crippen molar-refractivity contribution in [2.75, 3.05) is 26.9 Å². The molecule has 356 valence electrons. The summed E-state index contributed by atoms with van der Waals surface area (Å²) in [4.78, 5) is 64.1. The van der Waals surface area contributed by atoms with Crippen LogP contribution in [0, 0.1) is 17.8 Å². The Labute approximate surface area is 382 Å². The third-order valence-electron chi connectivity index (χ3n) is 13.9. The molecule has 1 aromatic heterocycles. The van der Waals surface area contributed by atoms with Gasteiger partial charge in [0.2, 0.25) is 27.7 Å². The zero-order chi connectivity index (χ0) is 47.5. The van der Waals surface area contributed by atoms with Gasteiger partial charge in [0.05, 0.1) is 24.6 Å². The third-order valence-corrected chi connectivity index (χ3v) is 15.7. The first-order valence-corrected chi connectivity index (χ1v) is 24.0. The molecule has 3 N–H and O–H groups in total. The Morgan fingerprint density at radius 2 is 1.74 bits per heavy atom. The molecule has 0 unspecified atom stereocenters. The predicted molar refractivity (Wildman–Crippen MR) is 238 cm³/mol. The first-order valence-electron chi connectivity index (χ1n) is 22.4. The molecule has 3 aromatic rings. The fraction of sp³-hybridized carbons (Fsp3) is 0.553. The largest absolute Gasteiger partial charge is 0.497 e. The van der Waals surface area contributed by atoms with E-state index < -0.39 is 86.1 Å². The summed E-state index contributed by atoms with van der Waals surface area (Å²) in [6.45, 7) is 6.76. The summed E-state index contributed by atoms with van der Waals surface area (Å²) >= 11 is 0. The number of carboxylic acid groups (broad SMARTS) is 1. The second-order valence-corrected chi connectivity index (χ2v) is 21.0. The highest BCUT2D eigenvalue weighted by atomic mass is 32.2. The van der Waals surface area contributed by atoms with Crippen molar-refractivity contribution in [1.29, 1.82) is 0 Å². The van der Waals surface area contributed by atoms with E-state index in [2.05, 4.69) is 10.0 Å². The summed E-state index contributed by atoms with van der Waals surface area (Å²) < 4.78 is 83.1. The number of amides is 4. The van der Waals surface area contributed by atoms with Crippen LogP contribution in [0.25, 0.3) is 22.0 Å². The van der Waals surface area contributed by atoms with E-state index in [0.717, 1.165) is 18.7 Å². The van der Waals surface area contributed by atoms with Gasteiger partial charge in [-0.05, 0) is 112 Å². The molecule has 2 saturated carbocycles. The highest BCUT2D eigenvalue weighted by Crippen LogP contribution is 2.47. The van der Waals surface area contributed by atoms with Gasteiger partial charge in [-0.3, -0.25) is 24.0 Å². The van der Waals surface area contributed by atoms with Gasteiger partial charge in [-0.15, -0.1) is 0 Å². The number of hydrogen-bond donors (Lipinski definition) is 3. The molecule has 5 aliphatic rings. The van der Waals surface area contributed by atoms with Gasteiger partial charge in [0, 0.05) is 30.2 Å². The topological polar surface area (TPSA) is 203 Å². The van der Waals surface area contributed by atoms with Crippen LogP contribution < -0.4 is 29.0 Å². The first kappa shape index (κ1) is 46.8. The Bertz CT molecular complexity index is 2570. The maximum atomic E-state index is 15.5. The number of carbonyl (C=O) groups is 4. The van der Waals surface area contributed by atoms with Crippen molar-refractivity contribution in [3.63, 3.8) is 0 Å². The lowest BCUT2D eigenvalue weighted by Gasteiger charge is -2.47. The summed E-state index contributed by atoms with van der Waals surface area (Å²) in [7, 11) is -2.49. The maximum absolute atomic E-state index is 15.5. The van der Waals surface area contributed by atoms with Crippen LogP contribution >= 0.6 is 0 Å². The Morgan fingerprint density at radius 1 is 1.02 bits per heavy atom. The van der Waals surface area contributed by atoms with Gasteiger partial charge in [-0.1, -0.05) is 26.0 Å². The molecule has 4 heterocycles. The summed E-state index contributed by atoms with van der Waals surface area (Å²) in [5.74, 6) is -5.97.